The van der Waals surface area contributed by atoms with Crippen LogP contribution < -0.4 is 20.5 Å². The van der Waals surface area contributed by atoms with E-state index >= 15 is 0 Å². The molecule has 9 heterocycles. The number of nitrogens with one attached hydrogen (secondary N) is 1. The average Bonchev–Trinajstić information content (AvgIpc) is 1.71. The van der Waals surface area contributed by atoms with E-state index in [-0.39, 0.29) is 48.6 Å². The van der Waals surface area contributed by atoms with Crippen LogP contribution >= 0.6 is 24.0 Å². The molecule has 14 rings (SSSR count). The van der Waals surface area contributed by atoms with Crippen LogP contribution in [0.1, 0.15) is 98.9 Å². The molecule has 0 saturated heterocycles. The highest BCUT2D eigenvalue weighted by molar-refractivity contribution is 6.35. The molecule has 0 aliphatic heterocycles. The lowest BCUT2D eigenvalue weighted by atomic mass is 10.1. The molecule has 0 aliphatic rings. The number of aromatic nitrogens is 13. The molecule has 0 aliphatic carbocycles. The van der Waals surface area contributed by atoms with Gasteiger partial charge in [-0.2, -0.15) is 9.46 Å². The number of para-hydroxylation sites is 5. The minimum absolute atomic E-state index is 0. The lowest BCUT2D eigenvalue weighted by molar-refractivity contribution is -0.575. The highest BCUT2D eigenvalue weighted by Crippen LogP contribution is 2.31. The van der Waals surface area contributed by atoms with Crippen LogP contribution in [0.5, 0.6) is 0 Å². The molecule has 21 heteroatoms. The van der Waals surface area contributed by atoms with Crippen molar-refractivity contribution in [3.8, 4) is 0 Å². The molecule has 0 bridgehead atoms. The third-order valence-electron chi connectivity index (χ3n) is 14.5. The van der Waals surface area contributed by atoms with Gasteiger partial charge in [-0.25, -0.2) is 24.9 Å². The van der Waals surface area contributed by atoms with Crippen LogP contribution in [0.25, 0.3) is 98.6 Å². The Hall–Kier alpha value is -9.72. The van der Waals surface area contributed by atoms with Gasteiger partial charge >= 0.3 is 0 Å². The number of nitrogens with two attached hydrogens (primary N) is 1. The van der Waals surface area contributed by atoms with E-state index in [0.717, 1.165) is 125 Å². The van der Waals surface area contributed by atoms with Gasteiger partial charge in [-0.3, -0.25) is 14.8 Å². The smallest absolute Gasteiger partial charge is 0.290 e. The van der Waals surface area contributed by atoms with Crippen LogP contribution in [-0.4, -0.2) is 71.3 Å². The molecule has 0 atom stereocenters. The Morgan fingerprint density at radius 3 is 1.27 bits per heavy atom. The molecule has 504 valence electrons. The van der Waals surface area contributed by atoms with E-state index in [1.54, 1.807) is 18.6 Å². The Labute approximate surface area is 569 Å². The van der Waals surface area contributed by atoms with Gasteiger partial charge in [0, 0.05) is 61.0 Å². The summed E-state index contributed by atoms with van der Waals surface area (Å²) in [6.07, 6.45) is 14.1. The van der Waals surface area contributed by atoms with E-state index in [0.29, 0.717) is 51.5 Å². The lowest BCUT2D eigenvalue weighted by Gasteiger charge is -2.13. The molecule has 95 heavy (non-hydrogen) atoms. The number of hydrogen-bond donors (Lipinski definition) is 3. The first kappa shape index (κ1) is 77.7. The second kappa shape index (κ2) is 35.5. The Morgan fingerprint density at radius 1 is 0.474 bits per heavy atom. The first-order chi connectivity index (χ1) is 43.3. The third-order valence-corrected chi connectivity index (χ3v) is 14.8. The number of nitrogen functional groups attached to an aromatic ring is 1. The van der Waals surface area contributed by atoms with Crippen molar-refractivity contribution in [1.82, 2.24) is 53.2 Å². The van der Waals surface area contributed by atoms with Gasteiger partial charge in [-0.1, -0.05) is 189 Å². The van der Waals surface area contributed by atoms with Crippen LogP contribution in [-0.2, 0) is 31.0 Å². The molecule has 14 aromatic rings. The van der Waals surface area contributed by atoms with Gasteiger partial charge in [0.1, 0.15) is 11.0 Å². The second-order valence-corrected chi connectivity index (χ2v) is 24.5. The Bertz CT molecular complexity index is 4620. The normalized spacial score (nSPS) is 10.7. The predicted octanol–water partition coefficient (Wildman–Crippen LogP) is 17.6. The topological polar surface area (TPSA) is 239 Å². The zero-order chi connectivity index (χ0) is 64.2. The van der Waals surface area contributed by atoms with Crippen LogP contribution in [0.4, 0.5) is 11.4 Å². The highest BCUT2D eigenvalue weighted by Gasteiger charge is 2.18. The SMILES string of the molecule is C.C.C.C.CC(C)CNc1c(N)cnc2ccccc12.CC(C)Cn1cnc2c(Cl)nc3ccccc3c21.CC(C)Cn1cnc2c[n+]([O-])c3ccccc3c21.CC(C)Cn1cnc2c[n+]([O-])c3ccccc3c21.CC(C)Cn1cnc2cnc3ccccc3c21.Cl.O=CO. The fourth-order valence-corrected chi connectivity index (χ4v) is 11.1. The molecular formula is C74H95Cl2N15O4. The van der Waals surface area contributed by atoms with Crippen LogP contribution in [0.3, 0.4) is 0 Å². The van der Waals surface area contributed by atoms with E-state index in [4.69, 9.17) is 27.2 Å². The molecule has 0 fully saturated rings. The summed E-state index contributed by atoms with van der Waals surface area (Å²) in [5.74, 6) is 2.85. The number of hydrogen-bond acceptors (Lipinski definition) is 12. The predicted molar refractivity (Wildman–Crippen MR) is 399 cm³/mol. The number of carbonyl (C=O) groups is 1. The van der Waals surface area contributed by atoms with Crippen molar-refractivity contribution in [3.63, 3.8) is 0 Å². The van der Waals surface area contributed by atoms with Crippen LogP contribution in [0.2, 0.25) is 5.15 Å². The van der Waals surface area contributed by atoms with Gasteiger partial charge in [0.15, 0.2) is 16.2 Å². The minimum Gasteiger partial charge on any atom is -0.618 e. The Morgan fingerprint density at radius 2 is 0.821 bits per heavy atom. The van der Waals surface area contributed by atoms with Gasteiger partial charge in [0.05, 0.1) is 98.5 Å². The Balaban J connectivity index is 0.000000247. The van der Waals surface area contributed by atoms with Crippen molar-refractivity contribution < 1.29 is 19.4 Å². The summed E-state index contributed by atoms with van der Waals surface area (Å²) in [6, 6.07) is 39.6. The third kappa shape index (κ3) is 18.4. The zero-order valence-electron chi connectivity index (χ0n) is 53.0. The largest absolute Gasteiger partial charge is 0.618 e. The molecule has 0 saturated carbocycles. The van der Waals surface area contributed by atoms with Crippen LogP contribution in [0.15, 0.2) is 171 Å². The first-order valence-electron chi connectivity index (χ1n) is 30.3. The number of imidazole rings is 4. The van der Waals surface area contributed by atoms with E-state index in [9.17, 15) is 10.4 Å². The van der Waals surface area contributed by atoms with E-state index in [2.05, 4.69) is 146 Å². The number of fused-ring (bicyclic) bond motifs is 13. The van der Waals surface area contributed by atoms with Gasteiger partial charge in [-0.05, 0) is 59.9 Å². The monoisotopic (exact) mass is 1330 g/mol. The fourth-order valence-electron chi connectivity index (χ4n) is 10.9. The van der Waals surface area contributed by atoms with Crippen molar-refractivity contribution in [2.75, 3.05) is 17.6 Å². The summed E-state index contributed by atoms with van der Waals surface area (Å²) < 4.78 is 10.4. The quantitative estimate of drug-likeness (QED) is 0.0473. The maximum Gasteiger partial charge on any atom is 0.290 e. The molecule has 5 aromatic carbocycles. The molecule has 0 spiro atoms. The summed E-state index contributed by atoms with van der Waals surface area (Å²) in [6.45, 7) is 26.2. The first-order valence-corrected chi connectivity index (χ1v) is 30.7. The van der Waals surface area contributed by atoms with Gasteiger partial charge in [0.2, 0.25) is 23.4 Å². The van der Waals surface area contributed by atoms with Crippen molar-refractivity contribution >= 4 is 141 Å². The van der Waals surface area contributed by atoms with Crippen molar-refractivity contribution in [3.05, 3.63) is 187 Å². The summed E-state index contributed by atoms with van der Waals surface area (Å²) >= 11 is 6.20. The minimum atomic E-state index is -0.250. The van der Waals surface area contributed by atoms with Crippen molar-refractivity contribution in [1.29, 1.82) is 0 Å². The number of halogens is 2. The van der Waals surface area contributed by atoms with Crippen molar-refractivity contribution in [2.45, 2.75) is 125 Å². The highest BCUT2D eigenvalue weighted by atomic mass is 35.5. The molecule has 0 amide bonds. The summed E-state index contributed by atoms with van der Waals surface area (Å²) in [4.78, 5) is 38.9. The molecule has 19 nitrogen and oxygen atoms in total. The summed E-state index contributed by atoms with van der Waals surface area (Å²) in [7, 11) is 0. The van der Waals surface area contributed by atoms with E-state index < -0.39 is 0 Å². The lowest BCUT2D eigenvalue weighted by Crippen LogP contribution is -2.26. The molecular weight excluding hydrogens is 1230 g/mol. The number of rotatable bonds is 11. The molecule has 0 radical (unpaired) electrons. The Kier molecular flexibility index (Phi) is 29.1. The number of pyridine rings is 5. The van der Waals surface area contributed by atoms with Gasteiger partial charge < -0.3 is 44.8 Å². The standard InChI is InChI=1S/C14H14ClN3.2C14H15N3O.C14H15N3.C13H17N3.CH2O2.4CH4.ClH/c1-9(2)7-18-8-16-12-13(18)10-5-3-4-6-11(10)17-14(12)15;2*1-10(2)7-16-9-15-12-8-17(18)13-6-4-3-5-11(13)14(12)16;1-10(2)8-17-9-16-13-7-15-12-6-4-3-5-11(12)14(13)17;1-9(2)7-16-13-10-5-3-4-6-12(10)15-8-11(13)14;2-1-3;;;;;/h3-6,8-9H,7H2,1-2H3;2*3-6,8-10H,7H2,1-2H3;3-7,9-10H,8H2,1-2H3;3-6,8-9H,7,14H2,1-2H3,(H,15,16);1H,(H,2,3);4*1H4;1H. The van der Waals surface area contributed by atoms with Gasteiger partial charge in [0.25, 0.3) is 6.47 Å². The number of benzene rings is 5. The zero-order valence-corrected chi connectivity index (χ0v) is 54.6. The molecule has 9 aromatic heterocycles. The van der Waals surface area contributed by atoms with Gasteiger partial charge in [-0.15, -0.1) is 12.4 Å². The number of carboxylic acid groups (broad SMARTS) is 1. The second-order valence-electron chi connectivity index (χ2n) is 24.2. The fraction of sp³-hybridized carbons (Fsp3) is 0.324. The number of nitrogens with zero attached hydrogens (tertiary/aromatic N) is 13. The van der Waals surface area contributed by atoms with E-state index in [1.807, 2.05) is 135 Å². The molecule has 0 unspecified atom stereocenters. The van der Waals surface area contributed by atoms with E-state index in [1.165, 1.54) is 10.9 Å². The van der Waals surface area contributed by atoms with Crippen molar-refractivity contribution in [2.24, 2.45) is 29.6 Å². The number of anilines is 2. The summed E-state index contributed by atoms with van der Waals surface area (Å²) in [5.41, 5.74) is 19.6. The average molecular weight is 1330 g/mol. The van der Waals surface area contributed by atoms with Crippen LogP contribution in [0, 0.1) is 40.0 Å². The molecule has 4 N–H and O–H groups in total. The maximum atomic E-state index is 11.9. The maximum absolute atomic E-state index is 11.9. The summed E-state index contributed by atoms with van der Waals surface area (Å²) in [5, 5.41) is 39.8.